The van der Waals surface area contributed by atoms with Gasteiger partial charge in [0, 0.05) is 23.0 Å². The van der Waals surface area contributed by atoms with Gasteiger partial charge in [0.2, 0.25) is 0 Å². The first kappa shape index (κ1) is 14.2. The summed E-state index contributed by atoms with van der Waals surface area (Å²) >= 11 is 7.49. The molecule has 0 radical (unpaired) electrons. The lowest BCUT2D eigenvalue weighted by Crippen LogP contribution is -2.26. The molecule has 0 N–H and O–H groups in total. The molecular formula is C14H14ClN4OS+. The number of imidazole rings is 1. The number of hydrogen-bond donors (Lipinski definition) is 0. The number of aromatic nitrogens is 2. The van der Waals surface area contributed by atoms with Crippen molar-refractivity contribution in [2.75, 3.05) is 17.2 Å². The van der Waals surface area contributed by atoms with Crippen LogP contribution in [0.15, 0.2) is 48.0 Å². The first-order chi connectivity index (χ1) is 10.1. The van der Waals surface area contributed by atoms with Crippen LogP contribution in [0, 0.1) is 0 Å². The molecule has 21 heavy (non-hydrogen) atoms. The molecule has 1 aliphatic rings. The van der Waals surface area contributed by atoms with Gasteiger partial charge < -0.3 is 4.90 Å². The molecule has 2 aromatic rings. The molecule has 2 heterocycles. The number of nitrogens with zero attached hydrogens (tertiary/aromatic N) is 4. The van der Waals surface area contributed by atoms with Gasteiger partial charge in [-0.05, 0) is 24.3 Å². The summed E-state index contributed by atoms with van der Waals surface area (Å²) in [5.41, 5.74) is 0.994. The molecule has 0 atom stereocenters. The van der Waals surface area contributed by atoms with Crippen molar-refractivity contribution < 1.29 is 9.36 Å². The Morgan fingerprint density at radius 1 is 1.38 bits per heavy atom. The van der Waals surface area contributed by atoms with Gasteiger partial charge in [-0.25, -0.2) is 9.36 Å². The van der Waals surface area contributed by atoms with Gasteiger partial charge in [0.25, 0.3) is 6.33 Å². The smallest absolute Gasteiger partial charge is 0.320 e. The Labute approximate surface area is 131 Å². The number of carbonyl (C=O) groups excluding carboxylic acids is 1. The zero-order valence-corrected chi connectivity index (χ0v) is 13.0. The minimum Gasteiger partial charge on any atom is -0.320 e. The third kappa shape index (κ3) is 3.11. The molecule has 0 saturated carbocycles. The number of amidine groups is 1. The van der Waals surface area contributed by atoms with E-state index in [1.807, 2.05) is 36.2 Å². The molecule has 0 bridgehead atoms. The second kappa shape index (κ2) is 5.91. The fourth-order valence-corrected chi connectivity index (χ4v) is 3.14. The van der Waals surface area contributed by atoms with Crippen molar-refractivity contribution in [2.24, 2.45) is 12.0 Å². The summed E-state index contributed by atoms with van der Waals surface area (Å²) in [7, 11) is 1.86. The lowest BCUT2D eigenvalue weighted by molar-refractivity contribution is -0.670. The van der Waals surface area contributed by atoms with Gasteiger partial charge in [-0.2, -0.15) is 0 Å². The van der Waals surface area contributed by atoms with Crippen molar-refractivity contribution in [3.05, 3.63) is 48.0 Å². The van der Waals surface area contributed by atoms with Crippen molar-refractivity contribution in [3.8, 4) is 0 Å². The molecule has 108 valence electrons. The number of aryl methyl sites for hydroxylation is 1. The first-order valence-corrected chi connectivity index (χ1v) is 7.82. The second-order valence-corrected chi connectivity index (χ2v) is 6.14. The molecule has 7 heteroatoms. The van der Waals surface area contributed by atoms with E-state index in [0.29, 0.717) is 5.02 Å². The Kier molecular flexibility index (Phi) is 3.98. The second-order valence-electron chi connectivity index (χ2n) is 4.64. The number of thioether (sulfide) groups is 1. The Hall–Kier alpha value is -1.79. The van der Waals surface area contributed by atoms with Crippen molar-refractivity contribution in [1.82, 2.24) is 4.57 Å². The molecule has 0 spiro atoms. The summed E-state index contributed by atoms with van der Waals surface area (Å²) in [6.07, 6.45) is 5.19. The first-order valence-electron chi connectivity index (χ1n) is 6.45. The maximum atomic E-state index is 12.1. The van der Waals surface area contributed by atoms with Gasteiger partial charge >= 0.3 is 6.03 Å². The van der Waals surface area contributed by atoms with Crippen molar-refractivity contribution in [1.29, 1.82) is 0 Å². The molecule has 1 amide bonds. The Morgan fingerprint density at radius 2 is 2.14 bits per heavy atom. The number of halogens is 1. The molecule has 1 aromatic carbocycles. The summed E-state index contributed by atoms with van der Waals surface area (Å²) in [5, 5.41) is 1.42. The Morgan fingerprint density at radius 3 is 2.81 bits per heavy atom. The predicted octanol–water partition coefficient (Wildman–Crippen LogP) is 2.54. The molecule has 5 nitrogen and oxygen atoms in total. The maximum absolute atomic E-state index is 12.1. The highest BCUT2D eigenvalue weighted by molar-refractivity contribution is 8.14. The zero-order valence-electron chi connectivity index (χ0n) is 11.4. The van der Waals surface area contributed by atoms with Crippen LogP contribution in [0.1, 0.15) is 0 Å². The van der Waals surface area contributed by atoms with E-state index < -0.39 is 0 Å². The van der Waals surface area contributed by atoms with Crippen LogP contribution in [0.4, 0.5) is 10.5 Å². The number of rotatable bonds is 1. The number of carbonyl (C=O) groups is 1. The van der Waals surface area contributed by atoms with E-state index in [1.165, 1.54) is 4.57 Å². The van der Waals surface area contributed by atoms with E-state index in [0.717, 1.165) is 23.2 Å². The highest BCUT2D eigenvalue weighted by atomic mass is 35.5. The summed E-state index contributed by atoms with van der Waals surface area (Å²) in [6.45, 7) is 0.831. The minimum absolute atomic E-state index is 0.293. The van der Waals surface area contributed by atoms with Gasteiger partial charge in [-0.1, -0.05) is 23.4 Å². The highest BCUT2D eigenvalue weighted by Crippen LogP contribution is 2.26. The third-order valence-corrected chi connectivity index (χ3v) is 4.30. The monoisotopic (exact) mass is 321 g/mol. The van der Waals surface area contributed by atoms with Crippen LogP contribution in [-0.4, -0.2) is 28.1 Å². The van der Waals surface area contributed by atoms with Crippen LogP contribution in [0.25, 0.3) is 0 Å². The topological polar surface area (TPSA) is 41.5 Å². The predicted molar refractivity (Wildman–Crippen MR) is 85.1 cm³/mol. The van der Waals surface area contributed by atoms with Gasteiger partial charge in [-0.3, -0.25) is 0 Å². The van der Waals surface area contributed by atoms with E-state index in [2.05, 4.69) is 4.99 Å². The largest absolute Gasteiger partial charge is 0.441 e. The van der Waals surface area contributed by atoms with Crippen LogP contribution in [0.2, 0.25) is 5.02 Å². The standard InChI is InChI=1S/C14H14ClN4OS/c1-17-6-7-18(10-17)13(20)16-14-19(8-9-21-14)12-4-2-11(15)3-5-12/h2-7,10H,8-9H2,1H3/q+1. The summed E-state index contributed by atoms with van der Waals surface area (Å²) < 4.78 is 3.27. The highest BCUT2D eigenvalue weighted by Gasteiger charge is 2.23. The van der Waals surface area contributed by atoms with E-state index in [1.54, 1.807) is 35.0 Å². The van der Waals surface area contributed by atoms with Crippen LogP contribution in [0.5, 0.6) is 0 Å². The minimum atomic E-state index is -0.293. The van der Waals surface area contributed by atoms with E-state index >= 15 is 0 Å². The Balaban J connectivity index is 1.85. The summed E-state index contributed by atoms with van der Waals surface area (Å²) in [5.74, 6) is 0.911. The molecule has 1 aromatic heterocycles. The molecule has 0 unspecified atom stereocenters. The average molecular weight is 322 g/mol. The average Bonchev–Trinajstić information content (AvgIpc) is 3.09. The van der Waals surface area contributed by atoms with Crippen molar-refractivity contribution in [2.45, 2.75) is 0 Å². The zero-order chi connectivity index (χ0) is 14.8. The number of amides is 1. The Bertz CT molecular complexity index is 695. The van der Waals surface area contributed by atoms with E-state index in [-0.39, 0.29) is 6.03 Å². The molecular weight excluding hydrogens is 308 g/mol. The molecule has 1 saturated heterocycles. The normalized spacial score (nSPS) is 16.7. The molecule has 0 aliphatic carbocycles. The number of aliphatic imine (C=N–C) groups is 1. The quantitative estimate of drug-likeness (QED) is 0.758. The third-order valence-electron chi connectivity index (χ3n) is 3.10. The summed E-state index contributed by atoms with van der Waals surface area (Å²) in [6, 6.07) is 7.25. The molecule has 3 rings (SSSR count). The van der Waals surface area contributed by atoms with Gasteiger partial charge in [0.05, 0.1) is 7.05 Å². The summed E-state index contributed by atoms with van der Waals surface area (Å²) in [4.78, 5) is 18.4. The number of benzene rings is 1. The lowest BCUT2D eigenvalue weighted by atomic mass is 10.3. The van der Waals surface area contributed by atoms with E-state index in [9.17, 15) is 4.79 Å². The molecule has 1 aliphatic heterocycles. The van der Waals surface area contributed by atoms with Crippen LogP contribution >= 0.6 is 23.4 Å². The molecule has 1 fully saturated rings. The van der Waals surface area contributed by atoms with Gasteiger partial charge in [-0.15, -0.1) is 9.56 Å². The van der Waals surface area contributed by atoms with Crippen LogP contribution in [-0.2, 0) is 7.05 Å². The number of anilines is 1. The van der Waals surface area contributed by atoms with Crippen LogP contribution in [0.3, 0.4) is 0 Å². The SMILES string of the molecule is C[n+]1ccn(C(=O)N=C2SCCN2c2ccc(Cl)cc2)c1. The van der Waals surface area contributed by atoms with Crippen molar-refractivity contribution >= 4 is 40.2 Å². The van der Waals surface area contributed by atoms with Gasteiger partial charge in [0.15, 0.2) is 5.17 Å². The van der Waals surface area contributed by atoms with Gasteiger partial charge in [0.1, 0.15) is 12.4 Å². The van der Waals surface area contributed by atoms with E-state index in [4.69, 9.17) is 11.6 Å². The fraction of sp³-hybridized carbons (Fsp3) is 0.214. The van der Waals surface area contributed by atoms with Crippen LogP contribution < -0.4 is 9.47 Å². The lowest BCUT2D eigenvalue weighted by Gasteiger charge is -2.17. The maximum Gasteiger partial charge on any atom is 0.441 e. The van der Waals surface area contributed by atoms with Crippen molar-refractivity contribution in [3.63, 3.8) is 0 Å². The fourth-order valence-electron chi connectivity index (χ4n) is 2.06. The number of hydrogen-bond acceptors (Lipinski definition) is 2.